The molecule has 0 aromatic heterocycles. The quantitative estimate of drug-likeness (QED) is 0.776. The molecular weight excluding hydrogens is 184 g/mol. The van der Waals surface area contributed by atoms with Crippen molar-refractivity contribution in [2.75, 3.05) is 19.6 Å². The Hall–Kier alpha value is -0.0800. The summed E-state index contributed by atoms with van der Waals surface area (Å²) in [5.74, 6) is 0. The van der Waals surface area contributed by atoms with Crippen LogP contribution in [0, 0.1) is 5.41 Å². The van der Waals surface area contributed by atoms with E-state index >= 15 is 0 Å². The largest absolute Gasteiger partial charge is 0.324 e. The zero-order valence-electron chi connectivity index (χ0n) is 11.0. The van der Waals surface area contributed by atoms with Gasteiger partial charge in [-0.1, -0.05) is 27.2 Å². The van der Waals surface area contributed by atoms with Gasteiger partial charge >= 0.3 is 0 Å². The normalized spacial score (nSPS) is 26.2. The van der Waals surface area contributed by atoms with Crippen LogP contribution in [0.1, 0.15) is 53.4 Å². The molecule has 0 aliphatic carbocycles. The van der Waals surface area contributed by atoms with E-state index in [1.807, 2.05) is 0 Å². The molecule has 1 rings (SSSR count). The molecule has 0 bridgehead atoms. The zero-order chi connectivity index (χ0) is 11.5. The summed E-state index contributed by atoms with van der Waals surface area (Å²) in [5.41, 5.74) is 6.80. The van der Waals surface area contributed by atoms with Gasteiger partial charge in [-0.05, 0) is 44.7 Å². The Morgan fingerprint density at radius 3 is 2.20 bits per heavy atom. The predicted octanol–water partition coefficient (Wildman–Crippen LogP) is 2.63. The molecule has 2 N–H and O–H groups in total. The molecule has 1 fully saturated rings. The van der Waals surface area contributed by atoms with E-state index in [4.69, 9.17) is 5.73 Å². The molecule has 90 valence electrons. The van der Waals surface area contributed by atoms with Gasteiger partial charge in [-0.15, -0.1) is 0 Å². The van der Waals surface area contributed by atoms with Crippen molar-refractivity contribution in [3.8, 4) is 0 Å². The Morgan fingerprint density at radius 2 is 1.80 bits per heavy atom. The lowest BCUT2D eigenvalue weighted by molar-refractivity contribution is 0.0966. The highest BCUT2D eigenvalue weighted by Gasteiger charge is 2.30. The summed E-state index contributed by atoms with van der Waals surface area (Å²) in [4.78, 5) is 2.54. The summed E-state index contributed by atoms with van der Waals surface area (Å²) in [6.45, 7) is 12.6. The Morgan fingerprint density at radius 1 is 1.27 bits per heavy atom. The van der Waals surface area contributed by atoms with Crippen LogP contribution in [0.5, 0.6) is 0 Å². The monoisotopic (exact) mass is 212 g/mol. The van der Waals surface area contributed by atoms with Gasteiger partial charge in [-0.3, -0.25) is 0 Å². The standard InChI is InChI=1S/C13H28N2/c1-5-12(3)7-9-15(10-8-12)11-13(4,14)6-2/h5-11,14H2,1-4H3. The molecule has 15 heavy (non-hydrogen) atoms. The van der Waals surface area contributed by atoms with Gasteiger partial charge in [0.1, 0.15) is 0 Å². The average molecular weight is 212 g/mol. The van der Waals surface area contributed by atoms with Crippen molar-refractivity contribution >= 4 is 0 Å². The SMILES string of the molecule is CCC(C)(N)CN1CCC(C)(CC)CC1. The predicted molar refractivity (Wildman–Crippen MR) is 67.0 cm³/mol. The second-order valence-electron chi connectivity index (χ2n) is 5.95. The number of piperidine rings is 1. The summed E-state index contributed by atoms with van der Waals surface area (Å²) in [5, 5.41) is 0. The molecule has 1 saturated heterocycles. The highest BCUT2D eigenvalue weighted by atomic mass is 15.2. The third-order valence-electron chi connectivity index (χ3n) is 4.31. The van der Waals surface area contributed by atoms with Crippen molar-refractivity contribution in [3.05, 3.63) is 0 Å². The van der Waals surface area contributed by atoms with Crippen molar-refractivity contribution in [3.63, 3.8) is 0 Å². The number of hydrogen-bond acceptors (Lipinski definition) is 2. The highest BCUT2D eigenvalue weighted by Crippen LogP contribution is 2.34. The molecule has 0 aromatic carbocycles. The van der Waals surface area contributed by atoms with Gasteiger partial charge in [-0.25, -0.2) is 0 Å². The van der Waals surface area contributed by atoms with Gasteiger partial charge in [-0.2, -0.15) is 0 Å². The molecule has 2 heteroatoms. The average Bonchev–Trinajstić information content (AvgIpc) is 2.22. The zero-order valence-corrected chi connectivity index (χ0v) is 11.0. The van der Waals surface area contributed by atoms with Gasteiger partial charge in [0.05, 0.1) is 0 Å². The third-order valence-corrected chi connectivity index (χ3v) is 4.31. The van der Waals surface area contributed by atoms with Gasteiger partial charge in [0.15, 0.2) is 0 Å². The summed E-state index contributed by atoms with van der Waals surface area (Å²) >= 11 is 0. The van der Waals surface area contributed by atoms with Gasteiger partial charge in [0.25, 0.3) is 0 Å². The summed E-state index contributed by atoms with van der Waals surface area (Å²) < 4.78 is 0. The van der Waals surface area contributed by atoms with E-state index in [0.29, 0.717) is 5.41 Å². The second kappa shape index (κ2) is 4.84. The van der Waals surface area contributed by atoms with E-state index in [2.05, 4.69) is 32.6 Å². The lowest BCUT2D eigenvalue weighted by atomic mass is 9.78. The molecule has 1 aliphatic rings. The Kier molecular flexibility index (Phi) is 4.19. The first-order chi connectivity index (χ1) is 6.91. The van der Waals surface area contributed by atoms with E-state index in [0.717, 1.165) is 13.0 Å². The first kappa shape index (κ1) is 13.0. The van der Waals surface area contributed by atoms with Gasteiger partial charge in [0, 0.05) is 12.1 Å². The molecule has 0 spiro atoms. The van der Waals surface area contributed by atoms with Crippen molar-refractivity contribution in [1.82, 2.24) is 4.90 Å². The summed E-state index contributed by atoms with van der Waals surface area (Å²) in [6.07, 6.45) is 5.05. The summed E-state index contributed by atoms with van der Waals surface area (Å²) in [7, 11) is 0. The Labute approximate surface area is 95.2 Å². The van der Waals surface area contributed by atoms with Crippen LogP contribution >= 0.6 is 0 Å². The molecule has 0 aromatic rings. The molecule has 1 atom stereocenters. The van der Waals surface area contributed by atoms with Crippen molar-refractivity contribution < 1.29 is 0 Å². The first-order valence-electron chi connectivity index (χ1n) is 6.42. The van der Waals surface area contributed by atoms with Crippen LogP contribution in [-0.2, 0) is 0 Å². The maximum absolute atomic E-state index is 6.21. The molecule has 0 saturated carbocycles. The Balaban J connectivity index is 2.38. The fourth-order valence-electron chi connectivity index (χ4n) is 2.23. The fraction of sp³-hybridized carbons (Fsp3) is 1.00. The second-order valence-corrected chi connectivity index (χ2v) is 5.95. The van der Waals surface area contributed by atoms with Crippen LogP contribution in [0.3, 0.4) is 0 Å². The van der Waals surface area contributed by atoms with Crippen molar-refractivity contribution in [1.29, 1.82) is 0 Å². The van der Waals surface area contributed by atoms with Crippen LogP contribution in [0.4, 0.5) is 0 Å². The fourth-order valence-corrected chi connectivity index (χ4v) is 2.23. The third kappa shape index (κ3) is 3.76. The van der Waals surface area contributed by atoms with Crippen LogP contribution < -0.4 is 5.73 Å². The molecule has 1 unspecified atom stereocenters. The van der Waals surface area contributed by atoms with E-state index in [9.17, 15) is 0 Å². The minimum absolute atomic E-state index is 0.0000436. The number of likely N-dealkylation sites (tertiary alicyclic amines) is 1. The molecule has 1 aliphatic heterocycles. The molecule has 1 heterocycles. The van der Waals surface area contributed by atoms with Crippen LogP contribution in [0.15, 0.2) is 0 Å². The van der Waals surface area contributed by atoms with Crippen molar-refractivity contribution in [2.45, 2.75) is 58.9 Å². The van der Waals surface area contributed by atoms with Crippen LogP contribution in [0.2, 0.25) is 0 Å². The van der Waals surface area contributed by atoms with E-state index in [-0.39, 0.29) is 5.54 Å². The van der Waals surface area contributed by atoms with Crippen LogP contribution in [-0.4, -0.2) is 30.1 Å². The molecule has 0 amide bonds. The van der Waals surface area contributed by atoms with Gasteiger partial charge < -0.3 is 10.6 Å². The van der Waals surface area contributed by atoms with Crippen LogP contribution in [0.25, 0.3) is 0 Å². The lowest BCUT2D eigenvalue weighted by Crippen LogP contribution is -2.50. The maximum atomic E-state index is 6.21. The van der Waals surface area contributed by atoms with E-state index < -0.39 is 0 Å². The van der Waals surface area contributed by atoms with Crippen molar-refractivity contribution in [2.24, 2.45) is 11.1 Å². The lowest BCUT2D eigenvalue weighted by Gasteiger charge is -2.41. The number of rotatable bonds is 4. The smallest absolute Gasteiger partial charge is 0.0252 e. The maximum Gasteiger partial charge on any atom is 0.0252 e. The molecular formula is C13H28N2. The van der Waals surface area contributed by atoms with Gasteiger partial charge in [0.2, 0.25) is 0 Å². The molecule has 2 nitrogen and oxygen atoms in total. The minimum atomic E-state index is -0.0000436. The molecule has 0 radical (unpaired) electrons. The first-order valence-corrected chi connectivity index (χ1v) is 6.42. The summed E-state index contributed by atoms with van der Waals surface area (Å²) in [6, 6.07) is 0. The number of nitrogens with zero attached hydrogens (tertiary/aromatic N) is 1. The van der Waals surface area contributed by atoms with E-state index in [1.54, 1.807) is 0 Å². The highest BCUT2D eigenvalue weighted by molar-refractivity contribution is 4.86. The minimum Gasteiger partial charge on any atom is -0.324 e. The Bertz CT molecular complexity index is 191. The topological polar surface area (TPSA) is 29.3 Å². The van der Waals surface area contributed by atoms with E-state index in [1.165, 1.54) is 32.4 Å². The number of hydrogen-bond donors (Lipinski definition) is 1. The number of nitrogens with two attached hydrogens (primary N) is 1.